The van der Waals surface area contributed by atoms with Crippen LogP contribution >= 0.6 is 0 Å². The van der Waals surface area contributed by atoms with Crippen molar-refractivity contribution in [1.29, 1.82) is 0 Å². The van der Waals surface area contributed by atoms with Gasteiger partial charge in [0.25, 0.3) is 5.91 Å². The quantitative estimate of drug-likeness (QED) is 0.887. The van der Waals surface area contributed by atoms with Crippen LogP contribution < -0.4 is 5.32 Å². The molecule has 0 aromatic heterocycles. The Balaban J connectivity index is 1.65. The van der Waals surface area contributed by atoms with E-state index in [-0.39, 0.29) is 24.5 Å². The summed E-state index contributed by atoms with van der Waals surface area (Å²) < 4.78 is 0. The molecule has 0 aliphatic carbocycles. The SMILES string of the molecule is Cc1ccccc1C(=O)N[C@@H]1CN(Cc2ccccc2)C[C@H]1CO. The summed E-state index contributed by atoms with van der Waals surface area (Å²) >= 11 is 0. The van der Waals surface area contributed by atoms with Crippen molar-refractivity contribution in [1.82, 2.24) is 10.2 Å². The number of hydrogen-bond acceptors (Lipinski definition) is 3. The Morgan fingerprint density at radius 2 is 1.83 bits per heavy atom. The Kier molecular flexibility index (Phi) is 5.28. The lowest BCUT2D eigenvalue weighted by atomic mass is 10.0. The number of rotatable bonds is 5. The number of amides is 1. The molecular formula is C20H24N2O2. The van der Waals surface area contributed by atoms with Crippen molar-refractivity contribution in [3.05, 3.63) is 71.3 Å². The first-order valence-electron chi connectivity index (χ1n) is 8.41. The maximum Gasteiger partial charge on any atom is 0.251 e. The molecule has 2 atom stereocenters. The monoisotopic (exact) mass is 324 g/mol. The number of carbonyl (C=O) groups is 1. The molecule has 1 saturated heterocycles. The molecule has 2 N–H and O–H groups in total. The number of carbonyl (C=O) groups excluding carboxylic acids is 1. The Labute approximate surface area is 143 Å². The molecule has 0 radical (unpaired) electrons. The second-order valence-electron chi connectivity index (χ2n) is 6.52. The number of likely N-dealkylation sites (tertiary alicyclic amines) is 1. The van der Waals surface area contributed by atoms with Crippen molar-refractivity contribution >= 4 is 5.91 Å². The van der Waals surface area contributed by atoms with Gasteiger partial charge in [-0.15, -0.1) is 0 Å². The lowest BCUT2D eigenvalue weighted by Gasteiger charge is -2.19. The third-order valence-corrected chi connectivity index (χ3v) is 4.71. The number of benzene rings is 2. The maximum absolute atomic E-state index is 12.5. The van der Waals surface area contributed by atoms with Crippen molar-refractivity contribution in [2.75, 3.05) is 19.7 Å². The van der Waals surface area contributed by atoms with Crippen molar-refractivity contribution < 1.29 is 9.90 Å². The Morgan fingerprint density at radius 3 is 2.54 bits per heavy atom. The zero-order valence-electron chi connectivity index (χ0n) is 14.0. The fraction of sp³-hybridized carbons (Fsp3) is 0.350. The summed E-state index contributed by atoms with van der Waals surface area (Å²) in [7, 11) is 0. The largest absolute Gasteiger partial charge is 0.396 e. The first-order valence-corrected chi connectivity index (χ1v) is 8.41. The number of nitrogens with one attached hydrogen (secondary N) is 1. The molecule has 0 unspecified atom stereocenters. The van der Waals surface area contributed by atoms with Gasteiger partial charge < -0.3 is 10.4 Å². The van der Waals surface area contributed by atoms with Gasteiger partial charge in [-0.25, -0.2) is 0 Å². The van der Waals surface area contributed by atoms with Gasteiger partial charge in [0.15, 0.2) is 0 Å². The topological polar surface area (TPSA) is 52.6 Å². The van der Waals surface area contributed by atoms with Gasteiger partial charge in [-0.1, -0.05) is 48.5 Å². The van der Waals surface area contributed by atoms with E-state index < -0.39 is 0 Å². The maximum atomic E-state index is 12.5. The summed E-state index contributed by atoms with van der Waals surface area (Å²) in [5, 5.41) is 12.8. The summed E-state index contributed by atoms with van der Waals surface area (Å²) in [6, 6.07) is 17.9. The molecule has 126 valence electrons. The van der Waals surface area contributed by atoms with Gasteiger partial charge in [0.05, 0.1) is 0 Å². The lowest BCUT2D eigenvalue weighted by molar-refractivity contribution is 0.0920. The minimum Gasteiger partial charge on any atom is -0.396 e. The molecule has 24 heavy (non-hydrogen) atoms. The van der Waals surface area contributed by atoms with Crippen molar-refractivity contribution in [3.8, 4) is 0 Å². The van der Waals surface area contributed by atoms with E-state index >= 15 is 0 Å². The van der Waals surface area contributed by atoms with Crippen LogP contribution in [0.1, 0.15) is 21.5 Å². The van der Waals surface area contributed by atoms with Gasteiger partial charge in [0.2, 0.25) is 0 Å². The van der Waals surface area contributed by atoms with Gasteiger partial charge in [-0.05, 0) is 24.1 Å². The van der Waals surface area contributed by atoms with Crippen LogP contribution in [0.5, 0.6) is 0 Å². The molecule has 1 fully saturated rings. The number of aryl methyl sites for hydroxylation is 1. The smallest absolute Gasteiger partial charge is 0.251 e. The second-order valence-corrected chi connectivity index (χ2v) is 6.52. The summed E-state index contributed by atoms with van der Waals surface area (Å²) in [6.07, 6.45) is 0. The third kappa shape index (κ3) is 3.83. The van der Waals surface area contributed by atoms with Crippen LogP contribution in [0.2, 0.25) is 0 Å². The second kappa shape index (κ2) is 7.60. The van der Waals surface area contributed by atoms with Gasteiger partial charge in [-0.2, -0.15) is 0 Å². The third-order valence-electron chi connectivity index (χ3n) is 4.71. The van der Waals surface area contributed by atoms with E-state index in [1.54, 1.807) is 0 Å². The highest BCUT2D eigenvalue weighted by Crippen LogP contribution is 2.20. The van der Waals surface area contributed by atoms with E-state index in [4.69, 9.17) is 0 Å². The Hall–Kier alpha value is -2.17. The fourth-order valence-corrected chi connectivity index (χ4v) is 3.35. The Bertz CT molecular complexity index is 687. The predicted octanol–water partition coefficient (Wildman–Crippen LogP) is 2.22. The highest BCUT2D eigenvalue weighted by molar-refractivity contribution is 5.95. The van der Waals surface area contributed by atoms with Gasteiger partial charge in [-0.3, -0.25) is 9.69 Å². The highest BCUT2D eigenvalue weighted by Gasteiger charge is 2.33. The molecule has 2 aromatic rings. The Morgan fingerprint density at radius 1 is 1.12 bits per heavy atom. The molecule has 0 bridgehead atoms. The molecule has 1 aliphatic heterocycles. The summed E-state index contributed by atoms with van der Waals surface area (Å²) in [6.45, 7) is 4.43. The summed E-state index contributed by atoms with van der Waals surface area (Å²) in [4.78, 5) is 14.8. The van der Waals surface area contributed by atoms with Crippen LogP contribution in [0.3, 0.4) is 0 Å². The molecule has 2 aromatic carbocycles. The number of nitrogens with zero attached hydrogens (tertiary/aromatic N) is 1. The molecule has 4 nitrogen and oxygen atoms in total. The van der Waals surface area contributed by atoms with E-state index in [2.05, 4.69) is 22.3 Å². The minimum atomic E-state index is -0.0573. The standard InChI is InChI=1S/C20H24N2O2/c1-15-7-5-6-10-18(15)20(24)21-19-13-22(12-17(19)14-23)11-16-8-3-2-4-9-16/h2-10,17,19,23H,11-14H2,1H3,(H,21,24)/t17-,19+/m0/s1. The van der Waals surface area contributed by atoms with Crippen molar-refractivity contribution in [2.24, 2.45) is 5.92 Å². The van der Waals surface area contributed by atoms with E-state index in [1.165, 1.54) is 5.56 Å². The predicted molar refractivity (Wildman–Crippen MR) is 94.7 cm³/mol. The molecule has 0 spiro atoms. The van der Waals surface area contributed by atoms with Crippen molar-refractivity contribution in [3.63, 3.8) is 0 Å². The molecule has 0 saturated carbocycles. The van der Waals surface area contributed by atoms with E-state index in [0.717, 1.165) is 25.2 Å². The number of aliphatic hydroxyl groups excluding tert-OH is 1. The lowest BCUT2D eigenvalue weighted by Crippen LogP contribution is -2.41. The minimum absolute atomic E-state index is 0.0224. The fourth-order valence-electron chi connectivity index (χ4n) is 3.35. The molecule has 1 aliphatic rings. The van der Waals surface area contributed by atoms with Crippen LogP contribution in [-0.4, -0.2) is 41.7 Å². The van der Waals surface area contributed by atoms with Crippen LogP contribution in [-0.2, 0) is 6.54 Å². The number of hydrogen-bond donors (Lipinski definition) is 2. The van der Waals surface area contributed by atoms with Crippen LogP contribution in [0, 0.1) is 12.8 Å². The van der Waals surface area contributed by atoms with E-state index in [9.17, 15) is 9.90 Å². The molecule has 1 amide bonds. The van der Waals surface area contributed by atoms with Gasteiger partial charge in [0.1, 0.15) is 0 Å². The molecule has 4 heteroatoms. The first-order chi connectivity index (χ1) is 11.7. The van der Waals surface area contributed by atoms with Crippen molar-refractivity contribution in [2.45, 2.75) is 19.5 Å². The summed E-state index contributed by atoms with van der Waals surface area (Å²) in [5.41, 5.74) is 2.92. The average Bonchev–Trinajstić information content (AvgIpc) is 2.97. The van der Waals surface area contributed by atoms with Gasteiger partial charge in [0, 0.05) is 43.8 Å². The zero-order valence-corrected chi connectivity index (χ0v) is 14.0. The first kappa shape index (κ1) is 16.7. The van der Waals surface area contributed by atoms with Gasteiger partial charge >= 0.3 is 0 Å². The molecule has 3 rings (SSSR count). The van der Waals surface area contributed by atoms with Crippen LogP contribution in [0.25, 0.3) is 0 Å². The normalized spacial score (nSPS) is 20.9. The average molecular weight is 324 g/mol. The molecule has 1 heterocycles. The number of aliphatic hydroxyl groups is 1. The highest BCUT2D eigenvalue weighted by atomic mass is 16.3. The summed E-state index contributed by atoms with van der Waals surface area (Å²) in [5.74, 6) is 0.0137. The molecular weight excluding hydrogens is 300 g/mol. The van der Waals surface area contributed by atoms with Crippen LogP contribution in [0.4, 0.5) is 0 Å². The van der Waals surface area contributed by atoms with E-state index in [0.29, 0.717) is 5.56 Å². The van der Waals surface area contributed by atoms with Crippen LogP contribution in [0.15, 0.2) is 54.6 Å². The zero-order chi connectivity index (χ0) is 16.9. The van der Waals surface area contributed by atoms with E-state index in [1.807, 2.05) is 49.4 Å².